The number of nitrogens with one attached hydrogen (secondary N) is 1. The normalized spacial score (nSPS) is 14.0. The molecule has 0 saturated heterocycles. The van der Waals surface area contributed by atoms with Crippen molar-refractivity contribution < 1.29 is 24.2 Å². The second-order valence-electron chi connectivity index (χ2n) is 10.0. The highest BCUT2D eigenvalue weighted by atomic mass is 32.1. The van der Waals surface area contributed by atoms with Crippen molar-refractivity contribution in [2.75, 3.05) is 12.3 Å². The monoisotopic (exact) mass is 521 g/mol. The highest BCUT2D eigenvalue weighted by Gasteiger charge is 2.33. The van der Waals surface area contributed by atoms with Crippen molar-refractivity contribution in [2.45, 2.75) is 51.8 Å². The van der Waals surface area contributed by atoms with Crippen molar-refractivity contribution in [3.05, 3.63) is 81.7 Å². The van der Waals surface area contributed by atoms with Crippen LogP contribution in [-0.2, 0) is 28.9 Å². The lowest BCUT2D eigenvalue weighted by atomic mass is 9.95. The predicted octanol–water partition coefficient (Wildman–Crippen LogP) is 4.29. The number of rotatable bonds is 6. The Balaban J connectivity index is 1.55. The van der Waals surface area contributed by atoms with Gasteiger partial charge in [-0.05, 0) is 50.5 Å². The molecule has 37 heavy (non-hydrogen) atoms. The van der Waals surface area contributed by atoms with Crippen molar-refractivity contribution in [1.29, 1.82) is 0 Å². The first-order valence-electron chi connectivity index (χ1n) is 12.1. The van der Waals surface area contributed by atoms with Gasteiger partial charge in [0.2, 0.25) is 5.91 Å². The zero-order valence-electron chi connectivity index (χ0n) is 21.1. The number of ketones is 1. The number of alkyl carbamates (subject to hydrolysis) is 1. The summed E-state index contributed by atoms with van der Waals surface area (Å²) in [5.41, 5.74) is 8.32. The minimum absolute atomic E-state index is 0.117. The number of hydrogen-bond acceptors (Lipinski definition) is 7. The molecule has 1 aliphatic heterocycles. The molecule has 0 bridgehead atoms. The average molecular weight is 522 g/mol. The van der Waals surface area contributed by atoms with Crippen LogP contribution in [0, 0.1) is 0 Å². The third-order valence-electron chi connectivity index (χ3n) is 6.02. The smallest absolute Gasteiger partial charge is 0.408 e. The quantitative estimate of drug-likeness (QED) is 0.416. The molecule has 194 valence electrons. The van der Waals surface area contributed by atoms with Gasteiger partial charge in [-0.25, -0.2) is 4.79 Å². The van der Waals surface area contributed by atoms with Crippen molar-refractivity contribution >= 4 is 34.1 Å². The standard InChI is InChI=1S/C28H31N3O5S/c1-28(2,3)36-27(35)30-21(15-17-9-11-19(32)12-10-17)26(34)31-14-13-20-22(16-31)37-25(29)23(20)24(33)18-7-5-4-6-8-18/h4-12,21,32H,13-16,29H2,1-3H3,(H,30,35). The van der Waals surface area contributed by atoms with E-state index in [2.05, 4.69) is 5.32 Å². The number of carbonyl (C=O) groups is 3. The molecule has 4 rings (SSSR count). The number of benzene rings is 2. The van der Waals surface area contributed by atoms with Gasteiger partial charge in [-0.2, -0.15) is 0 Å². The molecule has 2 heterocycles. The second kappa shape index (κ2) is 10.6. The minimum atomic E-state index is -0.872. The highest BCUT2D eigenvalue weighted by molar-refractivity contribution is 7.16. The molecule has 9 heteroatoms. The molecule has 0 spiro atoms. The van der Waals surface area contributed by atoms with E-state index in [0.29, 0.717) is 35.6 Å². The number of ether oxygens (including phenoxy) is 1. The lowest BCUT2D eigenvalue weighted by molar-refractivity contribution is -0.134. The fourth-order valence-electron chi connectivity index (χ4n) is 4.33. The Labute approximate surface area is 220 Å². The molecule has 2 amide bonds. The van der Waals surface area contributed by atoms with Crippen LogP contribution in [0.5, 0.6) is 5.75 Å². The van der Waals surface area contributed by atoms with Gasteiger partial charge in [0.05, 0.1) is 17.1 Å². The fraction of sp³-hybridized carbons (Fsp3) is 0.321. The molecule has 4 N–H and O–H groups in total. The van der Waals surface area contributed by atoms with Crippen LogP contribution in [0.15, 0.2) is 54.6 Å². The van der Waals surface area contributed by atoms with Gasteiger partial charge in [-0.15, -0.1) is 11.3 Å². The third-order valence-corrected chi connectivity index (χ3v) is 7.07. The van der Waals surface area contributed by atoms with Crippen LogP contribution < -0.4 is 11.1 Å². The van der Waals surface area contributed by atoms with Crippen LogP contribution in [0.2, 0.25) is 0 Å². The molecule has 0 radical (unpaired) electrons. The molecular formula is C28H31N3O5S. The maximum Gasteiger partial charge on any atom is 0.408 e. The summed E-state index contributed by atoms with van der Waals surface area (Å²) < 4.78 is 5.39. The van der Waals surface area contributed by atoms with Gasteiger partial charge in [-0.1, -0.05) is 42.5 Å². The van der Waals surface area contributed by atoms with E-state index >= 15 is 0 Å². The molecule has 8 nitrogen and oxygen atoms in total. The first-order chi connectivity index (χ1) is 17.5. The van der Waals surface area contributed by atoms with E-state index in [4.69, 9.17) is 10.5 Å². The number of aromatic hydroxyl groups is 1. The van der Waals surface area contributed by atoms with Gasteiger partial charge in [0.25, 0.3) is 0 Å². The van der Waals surface area contributed by atoms with E-state index in [0.717, 1.165) is 16.0 Å². The van der Waals surface area contributed by atoms with Crippen molar-refractivity contribution in [1.82, 2.24) is 10.2 Å². The molecule has 0 aliphatic carbocycles. The summed E-state index contributed by atoms with van der Waals surface area (Å²) in [6.45, 7) is 5.95. The van der Waals surface area contributed by atoms with Gasteiger partial charge in [0.15, 0.2) is 5.78 Å². The molecular weight excluding hydrogens is 490 g/mol. The van der Waals surface area contributed by atoms with E-state index in [1.807, 2.05) is 18.2 Å². The number of hydrogen-bond donors (Lipinski definition) is 3. The SMILES string of the molecule is CC(C)(C)OC(=O)NC(Cc1ccc(O)cc1)C(=O)N1CCc2c(sc(N)c2C(=O)c2ccccc2)C1. The Morgan fingerprint density at radius 1 is 1.11 bits per heavy atom. The summed E-state index contributed by atoms with van der Waals surface area (Å²) in [7, 11) is 0. The summed E-state index contributed by atoms with van der Waals surface area (Å²) in [6, 6.07) is 14.6. The fourth-order valence-corrected chi connectivity index (χ4v) is 5.46. The first kappa shape index (κ1) is 26.2. The van der Waals surface area contributed by atoms with E-state index < -0.39 is 17.7 Å². The van der Waals surface area contributed by atoms with Crippen LogP contribution >= 0.6 is 11.3 Å². The Morgan fingerprint density at radius 3 is 2.43 bits per heavy atom. The van der Waals surface area contributed by atoms with Crippen molar-refractivity contribution in [2.24, 2.45) is 0 Å². The molecule has 1 aliphatic rings. The van der Waals surface area contributed by atoms with Crippen molar-refractivity contribution in [3.8, 4) is 5.75 Å². The number of amides is 2. The Bertz CT molecular complexity index is 1300. The number of thiophene rings is 1. The molecule has 3 aromatic rings. The molecule has 2 aromatic carbocycles. The summed E-state index contributed by atoms with van der Waals surface area (Å²) in [4.78, 5) is 41.9. The maximum absolute atomic E-state index is 13.6. The number of phenolic OH excluding ortho intramolecular Hbond substituents is 1. The summed E-state index contributed by atoms with van der Waals surface area (Å²) >= 11 is 1.32. The number of fused-ring (bicyclic) bond motifs is 1. The van der Waals surface area contributed by atoms with Gasteiger partial charge in [0, 0.05) is 23.4 Å². The molecule has 1 unspecified atom stereocenters. The zero-order valence-corrected chi connectivity index (χ0v) is 21.9. The van der Waals surface area contributed by atoms with E-state index in [-0.39, 0.29) is 23.9 Å². The Kier molecular flexibility index (Phi) is 7.54. The van der Waals surface area contributed by atoms with Crippen LogP contribution in [0.3, 0.4) is 0 Å². The van der Waals surface area contributed by atoms with E-state index in [1.54, 1.807) is 49.9 Å². The minimum Gasteiger partial charge on any atom is -0.508 e. The number of nitrogen functional groups attached to an aromatic ring is 1. The van der Waals surface area contributed by atoms with Crippen molar-refractivity contribution in [3.63, 3.8) is 0 Å². The third kappa shape index (κ3) is 6.29. The van der Waals surface area contributed by atoms with Crippen LogP contribution in [0.4, 0.5) is 9.80 Å². The van der Waals surface area contributed by atoms with Gasteiger partial charge >= 0.3 is 6.09 Å². The average Bonchev–Trinajstić information content (AvgIpc) is 3.18. The summed E-state index contributed by atoms with van der Waals surface area (Å²) in [5.74, 6) is -0.258. The number of nitrogens with two attached hydrogens (primary N) is 1. The van der Waals surface area contributed by atoms with Crippen LogP contribution in [-0.4, -0.2) is 46.0 Å². The number of carbonyl (C=O) groups excluding carboxylic acids is 3. The lowest BCUT2D eigenvalue weighted by Crippen LogP contribution is -2.51. The maximum atomic E-state index is 13.6. The molecule has 0 fully saturated rings. The molecule has 0 saturated carbocycles. The predicted molar refractivity (Wildman–Crippen MR) is 143 cm³/mol. The highest BCUT2D eigenvalue weighted by Crippen LogP contribution is 2.36. The van der Waals surface area contributed by atoms with E-state index in [1.165, 1.54) is 23.5 Å². The largest absolute Gasteiger partial charge is 0.508 e. The van der Waals surface area contributed by atoms with Crippen LogP contribution in [0.25, 0.3) is 0 Å². The van der Waals surface area contributed by atoms with Gasteiger partial charge in [-0.3, -0.25) is 9.59 Å². The Hall–Kier alpha value is -3.85. The Morgan fingerprint density at radius 2 is 1.78 bits per heavy atom. The molecule has 1 aromatic heterocycles. The van der Waals surface area contributed by atoms with Gasteiger partial charge in [0.1, 0.15) is 17.4 Å². The number of phenols is 1. The topological polar surface area (TPSA) is 122 Å². The van der Waals surface area contributed by atoms with Crippen LogP contribution in [0.1, 0.15) is 52.7 Å². The zero-order chi connectivity index (χ0) is 26.7. The number of nitrogens with zero attached hydrogens (tertiary/aromatic N) is 1. The van der Waals surface area contributed by atoms with Gasteiger partial charge < -0.3 is 25.8 Å². The summed E-state index contributed by atoms with van der Waals surface area (Å²) in [5, 5.41) is 12.8. The molecule has 1 atom stereocenters. The summed E-state index contributed by atoms with van der Waals surface area (Å²) in [6.07, 6.45) is 0.0334. The first-order valence-corrected chi connectivity index (χ1v) is 12.9. The lowest BCUT2D eigenvalue weighted by Gasteiger charge is -2.31. The number of anilines is 1. The van der Waals surface area contributed by atoms with E-state index in [9.17, 15) is 19.5 Å². The second-order valence-corrected chi connectivity index (χ2v) is 11.2.